The molecule has 0 spiro atoms. The Morgan fingerprint density at radius 1 is 1.39 bits per heavy atom. The summed E-state index contributed by atoms with van der Waals surface area (Å²) in [5.41, 5.74) is -0.486. The lowest BCUT2D eigenvalue weighted by Crippen LogP contribution is -2.51. The second-order valence-electron chi connectivity index (χ2n) is 4.74. The second-order valence-corrected chi connectivity index (χ2v) is 4.74. The van der Waals surface area contributed by atoms with Gasteiger partial charge >= 0.3 is 5.97 Å². The maximum absolute atomic E-state index is 11.6. The van der Waals surface area contributed by atoms with Crippen molar-refractivity contribution in [3.8, 4) is 0 Å². The van der Waals surface area contributed by atoms with Crippen LogP contribution in [-0.4, -0.2) is 31.3 Å². The minimum absolute atomic E-state index is 0.112. The second kappa shape index (κ2) is 6.52. The van der Waals surface area contributed by atoms with Crippen LogP contribution in [0.5, 0.6) is 0 Å². The van der Waals surface area contributed by atoms with Crippen LogP contribution >= 0.6 is 0 Å². The summed E-state index contributed by atoms with van der Waals surface area (Å²) in [6, 6.07) is 9.10. The van der Waals surface area contributed by atoms with Crippen LogP contribution < -0.4 is 5.32 Å². The van der Waals surface area contributed by atoms with Crippen molar-refractivity contribution in [2.75, 3.05) is 20.3 Å². The number of nitrogens with one attached hydrogen (secondary N) is 1. The largest absolute Gasteiger partial charge is 0.480 e. The van der Waals surface area contributed by atoms with Crippen molar-refractivity contribution in [1.29, 1.82) is 0 Å². The molecule has 1 aromatic carbocycles. The third-order valence-electron chi connectivity index (χ3n) is 2.83. The number of carbonyl (C=O) groups is 1. The first kappa shape index (κ1) is 14.7. The predicted molar refractivity (Wildman–Crippen MR) is 70.5 cm³/mol. The molecule has 0 aromatic heterocycles. The summed E-state index contributed by atoms with van der Waals surface area (Å²) >= 11 is 0. The van der Waals surface area contributed by atoms with E-state index in [1.165, 1.54) is 0 Å². The molecule has 4 nitrogen and oxygen atoms in total. The van der Waals surface area contributed by atoms with Gasteiger partial charge in [0.05, 0.1) is 6.61 Å². The van der Waals surface area contributed by atoms with Crippen molar-refractivity contribution in [1.82, 2.24) is 5.32 Å². The topological polar surface area (TPSA) is 58.6 Å². The molecule has 0 bridgehead atoms. The van der Waals surface area contributed by atoms with E-state index in [4.69, 9.17) is 4.74 Å². The van der Waals surface area contributed by atoms with Gasteiger partial charge in [-0.1, -0.05) is 44.2 Å². The molecule has 0 aliphatic carbocycles. The summed E-state index contributed by atoms with van der Waals surface area (Å²) in [5.74, 6) is -0.552. The summed E-state index contributed by atoms with van der Waals surface area (Å²) in [4.78, 5) is 11.6. The molecule has 0 saturated carbocycles. The van der Waals surface area contributed by atoms with Crippen molar-refractivity contribution >= 4 is 5.97 Å². The Morgan fingerprint density at radius 2 is 2.00 bits per heavy atom. The molecule has 1 unspecified atom stereocenters. The highest BCUT2D eigenvalue weighted by atomic mass is 16.5. The molecule has 1 rings (SSSR count). The molecule has 100 valence electrons. The Balaban J connectivity index is 2.92. The van der Waals surface area contributed by atoms with Gasteiger partial charge in [-0.3, -0.25) is 5.32 Å². The van der Waals surface area contributed by atoms with Crippen LogP contribution in [0.4, 0.5) is 0 Å². The first-order chi connectivity index (χ1) is 8.53. The van der Waals surface area contributed by atoms with Crippen LogP contribution in [0.1, 0.15) is 19.4 Å². The minimum Gasteiger partial charge on any atom is -0.480 e. The number of likely N-dealkylation sites (N-methyl/N-ethyl adjacent to an activating group) is 1. The number of hydrogen-bond donors (Lipinski definition) is 2. The highest BCUT2D eigenvalue weighted by Crippen LogP contribution is 2.22. The zero-order valence-electron chi connectivity index (χ0n) is 11.1. The van der Waals surface area contributed by atoms with Crippen LogP contribution in [0.15, 0.2) is 30.3 Å². The zero-order valence-corrected chi connectivity index (χ0v) is 11.1. The smallest absolute Gasteiger partial charge is 0.330 e. The lowest BCUT2D eigenvalue weighted by atomic mass is 9.91. The normalized spacial score (nSPS) is 14.4. The number of ether oxygens (including phenoxy) is 1. The number of aliphatic carboxylic acids is 1. The van der Waals surface area contributed by atoms with Gasteiger partial charge in [-0.25, -0.2) is 4.79 Å². The highest BCUT2D eigenvalue weighted by molar-refractivity contribution is 5.81. The van der Waals surface area contributed by atoms with Gasteiger partial charge in [0, 0.05) is 6.61 Å². The van der Waals surface area contributed by atoms with Crippen LogP contribution in [0.25, 0.3) is 0 Å². The molecule has 0 radical (unpaired) electrons. The van der Waals surface area contributed by atoms with Gasteiger partial charge in [-0.05, 0) is 18.5 Å². The first-order valence-electron chi connectivity index (χ1n) is 6.08. The Labute approximate surface area is 108 Å². The van der Waals surface area contributed by atoms with E-state index in [0.29, 0.717) is 18.1 Å². The molecule has 1 atom stereocenters. The van der Waals surface area contributed by atoms with Gasteiger partial charge in [0.25, 0.3) is 0 Å². The average Bonchev–Trinajstić information content (AvgIpc) is 2.35. The fraction of sp³-hybridized carbons (Fsp3) is 0.500. The first-order valence-corrected chi connectivity index (χ1v) is 6.08. The van der Waals surface area contributed by atoms with Crippen LogP contribution in [0, 0.1) is 5.92 Å². The Bertz CT molecular complexity index is 378. The van der Waals surface area contributed by atoms with Crippen molar-refractivity contribution in [3.63, 3.8) is 0 Å². The van der Waals surface area contributed by atoms with Gasteiger partial charge in [0.15, 0.2) is 5.54 Å². The number of benzene rings is 1. The van der Waals surface area contributed by atoms with Gasteiger partial charge in [-0.15, -0.1) is 0 Å². The molecule has 0 saturated heterocycles. The van der Waals surface area contributed by atoms with Crippen molar-refractivity contribution in [3.05, 3.63) is 35.9 Å². The number of carboxylic acids is 1. The molecule has 4 heteroatoms. The van der Waals surface area contributed by atoms with Crippen LogP contribution in [0.3, 0.4) is 0 Å². The van der Waals surface area contributed by atoms with E-state index in [9.17, 15) is 9.90 Å². The fourth-order valence-electron chi connectivity index (χ4n) is 1.76. The fourth-order valence-corrected chi connectivity index (χ4v) is 1.76. The maximum Gasteiger partial charge on any atom is 0.330 e. The molecule has 1 aromatic rings. The van der Waals surface area contributed by atoms with Crippen molar-refractivity contribution in [2.24, 2.45) is 5.92 Å². The molecular formula is C14H21NO3. The van der Waals surface area contributed by atoms with Gasteiger partial charge in [-0.2, -0.15) is 0 Å². The Morgan fingerprint density at radius 3 is 2.44 bits per heavy atom. The third kappa shape index (κ3) is 3.31. The van der Waals surface area contributed by atoms with Crippen LogP contribution in [-0.2, 0) is 15.1 Å². The molecule has 0 heterocycles. The van der Waals surface area contributed by atoms with Gasteiger partial charge < -0.3 is 9.84 Å². The molecule has 0 aliphatic rings. The molecule has 2 N–H and O–H groups in total. The SMILES string of the molecule is CNC(COCC(C)C)(C(=O)O)c1ccccc1. The van der Waals surface area contributed by atoms with E-state index in [2.05, 4.69) is 5.32 Å². The third-order valence-corrected chi connectivity index (χ3v) is 2.83. The summed E-state index contributed by atoms with van der Waals surface area (Å²) in [7, 11) is 1.64. The van der Waals surface area contributed by atoms with E-state index in [-0.39, 0.29) is 6.61 Å². The monoisotopic (exact) mass is 251 g/mol. The van der Waals surface area contributed by atoms with Crippen molar-refractivity contribution in [2.45, 2.75) is 19.4 Å². The average molecular weight is 251 g/mol. The van der Waals surface area contributed by atoms with E-state index < -0.39 is 11.5 Å². The molecule has 0 fully saturated rings. The van der Waals surface area contributed by atoms with E-state index in [0.717, 1.165) is 0 Å². The lowest BCUT2D eigenvalue weighted by molar-refractivity contribution is -0.148. The van der Waals surface area contributed by atoms with E-state index in [1.54, 1.807) is 19.2 Å². The van der Waals surface area contributed by atoms with E-state index in [1.807, 2.05) is 32.0 Å². The van der Waals surface area contributed by atoms with Gasteiger partial charge in [0.1, 0.15) is 0 Å². The predicted octanol–water partition coefficient (Wildman–Crippen LogP) is 1.86. The standard InChI is InChI=1S/C14H21NO3/c1-11(2)9-18-10-14(15-3,13(16)17)12-7-5-4-6-8-12/h4-8,11,15H,9-10H2,1-3H3,(H,16,17). The van der Waals surface area contributed by atoms with E-state index >= 15 is 0 Å². The van der Waals surface area contributed by atoms with Crippen LogP contribution in [0.2, 0.25) is 0 Å². The highest BCUT2D eigenvalue weighted by Gasteiger charge is 2.39. The Kier molecular flexibility index (Phi) is 5.31. The summed E-state index contributed by atoms with van der Waals surface area (Å²) < 4.78 is 5.52. The lowest BCUT2D eigenvalue weighted by Gasteiger charge is -2.29. The molecule has 18 heavy (non-hydrogen) atoms. The van der Waals surface area contributed by atoms with Crippen molar-refractivity contribution < 1.29 is 14.6 Å². The quantitative estimate of drug-likeness (QED) is 0.776. The minimum atomic E-state index is -1.18. The zero-order chi connectivity index (χ0) is 13.6. The summed E-state index contributed by atoms with van der Waals surface area (Å²) in [6.45, 7) is 4.72. The number of carboxylic acid groups (broad SMARTS) is 1. The summed E-state index contributed by atoms with van der Waals surface area (Å²) in [5, 5.41) is 12.4. The number of rotatable bonds is 7. The van der Waals surface area contributed by atoms with Gasteiger partial charge in [0.2, 0.25) is 0 Å². The number of hydrogen-bond acceptors (Lipinski definition) is 3. The molecular weight excluding hydrogens is 230 g/mol. The molecule has 0 amide bonds. The summed E-state index contributed by atoms with van der Waals surface area (Å²) in [6.07, 6.45) is 0. The Hall–Kier alpha value is -1.39. The molecule has 0 aliphatic heterocycles. The maximum atomic E-state index is 11.6.